The first-order valence-corrected chi connectivity index (χ1v) is 13.2. The fraction of sp³-hybridized carbons (Fsp3) is 0.400. The third kappa shape index (κ3) is 5.22. The Kier molecular flexibility index (Phi) is 6.96. The molecule has 0 atom stereocenters. The lowest BCUT2D eigenvalue weighted by Gasteiger charge is -2.26. The van der Waals surface area contributed by atoms with Crippen LogP contribution in [-0.2, 0) is 11.3 Å². The van der Waals surface area contributed by atoms with Crippen LogP contribution in [0.3, 0.4) is 0 Å². The number of benzene rings is 2. The average molecular weight is 502 g/mol. The van der Waals surface area contributed by atoms with E-state index in [1.165, 1.54) is 54.9 Å². The second-order valence-corrected chi connectivity index (χ2v) is 10.7. The highest BCUT2D eigenvalue weighted by atomic mass is 16.5. The van der Waals surface area contributed by atoms with Crippen LogP contribution < -0.4 is 15.4 Å². The first-order chi connectivity index (χ1) is 17.8. The van der Waals surface area contributed by atoms with Gasteiger partial charge < -0.3 is 25.0 Å². The summed E-state index contributed by atoms with van der Waals surface area (Å²) in [5.74, 6) is 0.248. The van der Waals surface area contributed by atoms with Gasteiger partial charge in [-0.25, -0.2) is 4.79 Å². The highest BCUT2D eigenvalue weighted by Crippen LogP contribution is 2.47. The molecule has 0 spiro atoms. The summed E-state index contributed by atoms with van der Waals surface area (Å²) in [7, 11) is 0. The summed E-state index contributed by atoms with van der Waals surface area (Å²) in [6.45, 7) is 5.51. The van der Waals surface area contributed by atoms with Gasteiger partial charge in [-0.2, -0.15) is 0 Å². The van der Waals surface area contributed by atoms with Crippen LogP contribution in [0.25, 0.3) is 22.2 Å². The predicted molar refractivity (Wildman–Crippen MR) is 145 cm³/mol. The lowest BCUT2D eigenvalue weighted by atomic mass is 9.81. The Balaban J connectivity index is 1.52. The molecule has 37 heavy (non-hydrogen) atoms. The number of carboxylic acid groups (broad SMARTS) is 1. The van der Waals surface area contributed by atoms with Gasteiger partial charge in [-0.05, 0) is 62.4 Å². The van der Waals surface area contributed by atoms with Crippen LogP contribution in [0.5, 0.6) is 5.75 Å². The molecule has 2 heterocycles. The van der Waals surface area contributed by atoms with Gasteiger partial charge in [0.2, 0.25) is 0 Å². The number of hydrogen-bond donors (Lipinski definition) is 3. The summed E-state index contributed by atoms with van der Waals surface area (Å²) < 4.78 is 8.49. The monoisotopic (exact) mass is 501 g/mol. The predicted octanol–water partition coefficient (Wildman–Crippen LogP) is 5.44. The smallest absolute Gasteiger partial charge is 0.329 e. The Bertz CT molecular complexity index is 1350. The van der Waals surface area contributed by atoms with Crippen LogP contribution in [0.15, 0.2) is 54.7 Å². The quantitative estimate of drug-likeness (QED) is 0.375. The summed E-state index contributed by atoms with van der Waals surface area (Å²) in [6.07, 6.45) is 8.59. The molecule has 0 radical (unpaired) electrons. The van der Waals surface area contributed by atoms with E-state index in [0.717, 1.165) is 29.5 Å². The summed E-state index contributed by atoms with van der Waals surface area (Å²) in [5.41, 5.74) is 4.87. The molecule has 1 saturated carbocycles. The molecule has 0 unspecified atom stereocenters. The Morgan fingerprint density at radius 1 is 1.14 bits per heavy atom. The van der Waals surface area contributed by atoms with Crippen molar-refractivity contribution in [3.63, 3.8) is 0 Å². The minimum atomic E-state index is -1.02. The van der Waals surface area contributed by atoms with E-state index < -0.39 is 11.5 Å². The molecular weight excluding hydrogens is 466 g/mol. The number of nitrogens with zero attached hydrogens (tertiary/aromatic N) is 1. The van der Waals surface area contributed by atoms with Crippen LogP contribution in [0, 0.1) is 0 Å². The van der Waals surface area contributed by atoms with Gasteiger partial charge in [0.25, 0.3) is 5.91 Å². The van der Waals surface area contributed by atoms with E-state index in [4.69, 9.17) is 9.84 Å². The van der Waals surface area contributed by atoms with Gasteiger partial charge in [-0.1, -0.05) is 37.5 Å². The van der Waals surface area contributed by atoms with Crippen molar-refractivity contribution in [3.05, 3.63) is 65.9 Å². The Morgan fingerprint density at radius 2 is 1.92 bits per heavy atom. The maximum Gasteiger partial charge on any atom is 0.329 e. The number of hydrogen-bond acceptors (Lipinski definition) is 4. The van der Waals surface area contributed by atoms with Crippen molar-refractivity contribution >= 4 is 22.8 Å². The molecule has 5 rings (SSSR count). The summed E-state index contributed by atoms with van der Waals surface area (Å²) in [4.78, 5) is 24.0. The molecule has 1 aliphatic carbocycles. The van der Waals surface area contributed by atoms with Crippen LogP contribution in [0.2, 0.25) is 0 Å². The molecule has 1 aromatic heterocycles. The number of carbonyl (C=O) groups is 2. The van der Waals surface area contributed by atoms with Crippen molar-refractivity contribution in [3.8, 4) is 17.0 Å². The van der Waals surface area contributed by atoms with E-state index >= 15 is 0 Å². The molecule has 2 aliphatic rings. The zero-order valence-corrected chi connectivity index (χ0v) is 21.5. The van der Waals surface area contributed by atoms with Gasteiger partial charge in [0.05, 0.1) is 17.8 Å². The first kappa shape index (κ1) is 24.9. The Labute approximate surface area is 217 Å². The van der Waals surface area contributed by atoms with E-state index in [1.807, 2.05) is 38.1 Å². The summed E-state index contributed by atoms with van der Waals surface area (Å²) in [5, 5.41) is 16.0. The summed E-state index contributed by atoms with van der Waals surface area (Å²) >= 11 is 0. The molecule has 0 bridgehead atoms. The molecule has 3 aromatic rings. The van der Waals surface area contributed by atoms with E-state index in [1.54, 1.807) is 0 Å². The fourth-order valence-corrected chi connectivity index (χ4v) is 5.75. The van der Waals surface area contributed by atoms with E-state index in [-0.39, 0.29) is 5.91 Å². The normalized spacial score (nSPS) is 16.1. The maximum absolute atomic E-state index is 13.3. The van der Waals surface area contributed by atoms with E-state index in [0.29, 0.717) is 24.6 Å². The third-order valence-corrected chi connectivity index (χ3v) is 7.43. The number of carbonyl (C=O) groups excluding carboxylic acids is 1. The Morgan fingerprint density at radius 3 is 2.70 bits per heavy atom. The SMILES string of the molecule is CC(C)(CN/C=C/C(=O)O)NC(=O)c1ccc2c(C3CCCCC3)c3n(c2c1)CCOc1ccccc1-3. The number of aromatic nitrogens is 1. The number of aliphatic carboxylic acids is 1. The van der Waals surface area contributed by atoms with Crippen molar-refractivity contribution in [2.24, 2.45) is 0 Å². The average Bonchev–Trinajstić information content (AvgIpc) is 3.08. The lowest BCUT2D eigenvalue weighted by molar-refractivity contribution is -0.131. The summed E-state index contributed by atoms with van der Waals surface area (Å²) in [6, 6.07) is 14.4. The number of ether oxygens (including phenoxy) is 1. The van der Waals surface area contributed by atoms with Crippen LogP contribution >= 0.6 is 0 Å². The van der Waals surface area contributed by atoms with Gasteiger partial charge in [0, 0.05) is 40.9 Å². The largest absolute Gasteiger partial charge is 0.491 e. The second kappa shape index (κ2) is 10.3. The van der Waals surface area contributed by atoms with Gasteiger partial charge in [-0.15, -0.1) is 0 Å². The van der Waals surface area contributed by atoms with Gasteiger partial charge in [0.15, 0.2) is 0 Å². The number of fused-ring (bicyclic) bond motifs is 5. The van der Waals surface area contributed by atoms with Crippen molar-refractivity contribution in [1.29, 1.82) is 0 Å². The number of rotatable bonds is 7. The zero-order valence-electron chi connectivity index (χ0n) is 21.5. The van der Waals surface area contributed by atoms with Crippen molar-refractivity contribution in [2.75, 3.05) is 13.2 Å². The van der Waals surface area contributed by atoms with E-state index in [9.17, 15) is 9.59 Å². The third-order valence-electron chi connectivity index (χ3n) is 7.43. The fourth-order valence-electron chi connectivity index (χ4n) is 5.75. The molecule has 2 aromatic carbocycles. The number of para-hydroxylation sites is 1. The van der Waals surface area contributed by atoms with Crippen molar-refractivity contribution < 1.29 is 19.4 Å². The molecule has 7 heteroatoms. The Hall–Kier alpha value is -3.74. The lowest BCUT2D eigenvalue weighted by Crippen LogP contribution is -2.49. The number of nitrogens with one attached hydrogen (secondary N) is 2. The maximum atomic E-state index is 13.3. The highest BCUT2D eigenvalue weighted by molar-refractivity contribution is 6.01. The first-order valence-electron chi connectivity index (χ1n) is 13.2. The van der Waals surface area contributed by atoms with Gasteiger partial charge in [-0.3, -0.25) is 4.79 Å². The molecule has 0 saturated heterocycles. The second-order valence-electron chi connectivity index (χ2n) is 10.7. The molecule has 7 nitrogen and oxygen atoms in total. The van der Waals surface area contributed by atoms with E-state index in [2.05, 4.69) is 33.4 Å². The highest BCUT2D eigenvalue weighted by Gasteiger charge is 2.30. The molecular formula is C30H35N3O4. The molecule has 194 valence electrons. The number of amides is 1. The molecule has 1 amide bonds. The standard InChI is InChI=1S/C30H35N3O4/c1-30(2,19-31-15-14-26(34)35)32-29(36)21-12-13-22-24(18-21)33-16-17-37-25-11-7-6-10-23(25)28(33)27(22)20-8-4-3-5-9-20/h6-7,10-15,18,20,31H,3-5,8-9,16-17,19H2,1-2H3,(H,32,36)(H,34,35)/b15-14+. The minimum Gasteiger partial charge on any atom is -0.491 e. The topological polar surface area (TPSA) is 92.6 Å². The van der Waals surface area contributed by atoms with Gasteiger partial charge >= 0.3 is 5.97 Å². The molecule has 1 aliphatic heterocycles. The number of carboxylic acids is 1. The molecule has 1 fully saturated rings. The minimum absolute atomic E-state index is 0.157. The van der Waals surface area contributed by atoms with Crippen LogP contribution in [-0.4, -0.2) is 40.2 Å². The molecule has 3 N–H and O–H groups in total. The van der Waals surface area contributed by atoms with Crippen LogP contribution in [0.1, 0.15) is 67.8 Å². The zero-order chi connectivity index (χ0) is 26.0. The van der Waals surface area contributed by atoms with Crippen molar-refractivity contribution in [2.45, 2.75) is 64.0 Å². The van der Waals surface area contributed by atoms with Crippen molar-refractivity contribution in [1.82, 2.24) is 15.2 Å². The van der Waals surface area contributed by atoms with Crippen LogP contribution in [0.4, 0.5) is 0 Å². The van der Waals surface area contributed by atoms with Gasteiger partial charge in [0.1, 0.15) is 12.4 Å².